The molecule has 0 amide bonds. The summed E-state index contributed by atoms with van der Waals surface area (Å²) in [6.45, 7) is 11.1. The van der Waals surface area contributed by atoms with Crippen molar-refractivity contribution in [2.45, 2.75) is 111 Å². The molecule has 7 aliphatic rings. The molecule has 10 atom stereocenters. The fraction of sp³-hybridized carbons (Fsp3) is 0.604. The summed E-state index contributed by atoms with van der Waals surface area (Å²) in [7, 11) is 6.41. The van der Waals surface area contributed by atoms with E-state index < -0.39 is 57.2 Å². The number of hydrogen-bond donors (Lipinski definition) is 2. The van der Waals surface area contributed by atoms with Crippen LogP contribution >= 0.6 is 11.8 Å². The lowest BCUT2D eigenvalue weighted by atomic mass is 9.49. The predicted octanol–water partition coefficient (Wildman–Crippen LogP) is 5.47. The van der Waals surface area contributed by atoms with E-state index in [1.807, 2.05) is 20.0 Å². The van der Waals surface area contributed by atoms with Gasteiger partial charge in [0, 0.05) is 90.4 Å². The summed E-state index contributed by atoms with van der Waals surface area (Å²) in [5.74, 6) is -0.160. The first-order valence-electron chi connectivity index (χ1n) is 22.4. The number of piperidine rings is 1. The minimum absolute atomic E-state index is 0.0855. The number of H-pyrrole nitrogens is 1. The molecule has 0 radical (unpaired) electrons. The second-order valence-corrected chi connectivity index (χ2v) is 20.3. The second kappa shape index (κ2) is 14.2. The molecule has 2 bridgehead atoms. The largest absolute Gasteiger partial charge is 0.496 e. The Labute approximate surface area is 367 Å². The van der Waals surface area contributed by atoms with Crippen molar-refractivity contribution >= 4 is 46.3 Å². The number of thioether (sulfide) groups is 1. The third-order valence-corrected chi connectivity index (χ3v) is 17.3. The van der Waals surface area contributed by atoms with Gasteiger partial charge in [0.05, 0.1) is 32.3 Å². The Hall–Kier alpha value is -4.08. The Balaban J connectivity index is 1.28. The predicted molar refractivity (Wildman–Crippen MR) is 235 cm³/mol. The van der Waals surface area contributed by atoms with Crippen molar-refractivity contribution in [3.05, 3.63) is 64.9 Å². The SMILES string of the molecule is CCSc1ccc2[nH]c3c(c2c1)CCN1C[C@H](C[C@@](O)(CC)C1)C[C@]3(C(=O)OC)c1cc2c(cc1OC)N(C)[C@@]13O[C@]1(C(=O)OC)[C@H](OC(C)=O)[C@]1(CC)C=CCN4CC[C@]23[C@@H]41. The fourth-order valence-corrected chi connectivity index (χ4v) is 14.9. The highest BCUT2D eigenvalue weighted by molar-refractivity contribution is 7.99. The molecule has 62 heavy (non-hydrogen) atoms. The first-order valence-corrected chi connectivity index (χ1v) is 23.4. The van der Waals surface area contributed by atoms with Gasteiger partial charge in [-0.15, -0.1) is 11.8 Å². The number of nitrogens with zero attached hydrogens (tertiary/aromatic N) is 3. The van der Waals surface area contributed by atoms with Gasteiger partial charge in [0.15, 0.2) is 11.8 Å². The molecule has 10 rings (SSSR count). The highest BCUT2D eigenvalue weighted by Crippen LogP contribution is 2.80. The first-order chi connectivity index (χ1) is 29.7. The van der Waals surface area contributed by atoms with Crippen LogP contribution in [0.1, 0.15) is 82.2 Å². The van der Waals surface area contributed by atoms with Crippen molar-refractivity contribution in [1.82, 2.24) is 14.8 Å². The van der Waals surface area contributed by atoms with Crippen molar-refractivity contribution in [2.75, 3.05) is 71.8 Å². The Bertz CT molecular complexity index is 2420. The van der Waals surface area contributed by atoms with E-state index in [-0.39, 0.29) is 12.0 Å². The van der Waals surface area contributed by atoms with Crippen LogP contribution < -0.4 is 9.64 Å². The van der Waals surface area contributed by atoms with Crippen molar-refractivity contribution in [1.29, 1.82) is 0 Å². The topological polar surface area (TPSA) is 146 Å². The van der Waals surface area contributed by atoms with Crippen LogP contribution in [0.5, 0.6) is 5.75 Å². The van der Waals surface area contributed by atoms with Crippen LogP contribution in [-0.2, 0) is 50.6 Å². The minimum atomic E-state index is -1.66. The number of fused-ring (bicyclic) bond motifs is 6. The van der Waals surface area contributed by atoms with Crippen LogP contribution in [0.3, 0.4) is 0 Å². The van der Waals surface area contributed by atoms with E-state index in [0.717, 1.165) is 57.1 Å². The van der Waals surface area contributed by atoms with Crippen molar-refractivity contribution in [2.24, 2.45) is 11.3 Å². The molecule has 2 aromatic carbocycles. The van der Waals surface area contributed by atoms with Gasteiger partial charge in [-0.25, -0.2) is 4.79 Å². The number of aliphatic hydroxyl groups is 1. The molecule has 332 valence electrons. The molecule has 13 nitrogen and oxygen atoms in total. The summed E-state index contributed by atoms with van der Waals surface area (Å²) in [5, 5.41) is 13.2. The van der Waals surface area contributed by atoms with Gasteiger partial charge >= 0.3 is 17.9 Å². The lowest BCUT2D eigenvalue weighted by Crippen LogP contribution is -2.75. The van der Waals surface area contributed by atoms with E-state index in [1.54, 1.807) is 18.9 Å². The van der Waals surface area contributed by atoms with Gasteiger partial charge in [-0.05, 0) is 92.1 Å². The first kappa shape index (κ1) is 41.9. The summed E-state index contributed by atoms with van der Waals surface area (Å²) in [4.78, 5) is 55.2. The zero-order valence-corrected chi connectivity index (χ0v) is 38.0. The standard InChI is InChI=1S/C48H60N4O9S/c1-9-43(56)24-29-25-45(41(54)58-7,38-31(15-19-51(26-29)27-43)32-21-30(62-11-3)13-14-35(32)49-38)34-22-33-36(23-37(34)57-6)50(5)48-46(33)17-20-52-18-12-16-44(10-2,39(46)52)40(60-28(4)53)47(48,61-48)42(55)59-8/h12-14,16,21-23,29,39-40,49,56H,9-11,15,17-20,24-27H2,1-8H3/t29-,39+,40-,43+,44-,45+,46-,47+,48+/m1/s1. The Kier molecular flexibility index (Phi) is 9.60. The van der Waals surface area contributed by atoms with Gasteiger partial charge in [-0.2, -0.15) is 0 Å². The monoisotopic (exact) mass is 868 g/mol. The molecule has 14 heteroatoms. The third-order valence-electron chi connectivity index (χ3n) is 16.4. The number of methoxy groups -OCH3 is 3. The Morgan fingerprint density at radius 2 is 1.79 bits per heavy atom. The molecule has 3 saturated heterocycles. The van der Waals surface area contributed by atoms with E-state index >= 15 is 4.79 Å². The van der Waals surface area contributed by atoms with Crippen LogP contribution in [0.4, 0.5) is 5.69 Å². The van der Waals surface area contributed by atoms with Gasteiger partial charge in [-0.3, -0.25) is 19.4 Å². The van der Waals surface area contributed by atoms with Crippen LogP contribution in [0, 0.1) is 11.3 Å². The summed E-state index contributed by atoms with van der Waals surface area (Å²) in [5.41, 5.74) is -1.76. The molecule has 1 saturated carbocycles. The maximum Gasteiger partial charge on any atom is 0.347 e. The molecule has 6 aliphatic heterocycles. The summed E-state index contributed by atoms with van der Waals surface area (Å²) in [6, 6.07) is 10.4. The number of ether oxygens (including phenoxy) is 5. The molecular weight excluding hydrogens is 809 g/mol. The number of carbonyl (C=O) groups is 3. The molecule has 1 aliphatic carbocycles. The second-order valence-electron chi connectivity index (χ2n) is 18.9. The molecule has 4 fully saturated rings. The number of aromatic nitrogens is 1. The normalized spacial score (nSPS) is 37.5. The third kappa shape index (κ3) is 5.04. The number of nitrogens with one attached hydrogen (secondary N) is 1. The lowest BCUT2D eigenvalue weighted by Gasteiger charge is -2.58. The molecule has 1 aromatic heterocycles. The van der Waals surface area contributed by atoms with Crippen LogP contribution in [0.2, 0.25) is 0 Å². The van der Waals surface area contributed by atoms with E-state index in [0.29, 0.717) is 69.5 Å². The van der Waals surface area contributed by atoms with Crippen molar-refractivity contribution in [3.8, 4) is 5.75 Å². The van der Waals surface area contributed by atoms with Crippen LogP contribution in [0.25, 0.3) is 10.9 Å². The average molecular weight is 869 g/mol. The van der Waals surface area contributed by atoms with E-state index in [4.69, 9.17) is 23.7 Å². The number of carbonyl (C=O) groups excluding carboxylic acids is 3. The van der Waals surface area contributed by atoms with Gasteiger partial charge in [-0.1, -0.05) is 32.9 Å². The maximum absolute atomic E-state index is 15.5. The number of aromatic amines is 1. The minimum Gasteiger partial charge on any atom is -0.496 e. The maximum atomic E-state index is 15.5. The average Bonchev–Trinajstić information content (AvgIpc) is 3.51. The lowest BCUT2D eigenvalue weighted by molar-refractivity contribution is -0.178. The highest BCUT2D eigenvalue weighted by atomic mass is 32.2. The quantitative estimate of drug-likeness (QED) is 0.0923. The van der Waals surface area contributed by atoms with E-state index in [9.17, 15) is 14.7 Å². The number of likely N-dealkylation sites (N-methyl/N-ethyl adjacent to an activating group) is 1. The van der Waals surface area contributed by atoms with Crippen LogP contribution in [-0.4, -0.2) is 134 Å². The van der Waals surface area contributed by atoms with E-state index in [1.165, 1.54) is 21.1 Å². The number of epoxide rings is 1. The smallest absolute Gasteiger partial charge is 0.347 e. The summed E-state index contributed by atoms with van der Waals surface area (Å²) in [6.07, 6.45) is 6.64. The Morgan fingerprint density at radius 3 is 2.48 bits per heavy atom. The van der Waals surface area contributed by atoms with E-state index in [2.05, 4.69) is 69.9 Å². The molecule has 7 heterocycles. The molecule has 3 aromatic rings. The van der Waals surface area contributed by atoms with Crippen molar-refractivity contribution in [3.63, 3.8) is 0 Å². The zero-order chi connectivity index (χ0) is 43.8. The van der Waals surface area contributed by atoms with Gasteiger partial charge in [0.25, 0.3) is 5.60 Å². The summed E-state index contributed by atoms with van der Waals surface area (Å²) >= 11 is 1.78. The Morgan fingerprint density at radius 1 is 1.00 bits per heavy atom. The molecule has 2 spiro atoms. The fourth-order valence-electron chi connectivity index (χ4n) is 14.2. The van der Waals surface area contributed by atoms with Crippen molar-refractivity contribution < 1.29 is 43.2 Å². The number of esters is 3. The molecule has 2 N–H and O–H groups in total. The van der Waals surface area contributed by atoms with Gasteiger partial charge in [0.2, 0.25) is 0 Å². The molecular formula is C48H60N4O9S. The van der Waals surface area contributed by atoms with Gasteiger partial charge < -0.3 is 38.7 Å². The van der Waals surface area contributed by atoms with Crippen LogP contribution in [0.15, 0.2) is 47.4 Å². The zero-order valence-electron chi connectivity index (χ0n) is 37.2. The number of rotatable bonds is 9. The number of hydrogen-bond acceptors (Lipinski definition) is 13. The number of benzene rings is 2. The summed E-state index contributed by atoms with van der Waals surface area (Å²) < 4.78 is 31.6. The number of anilines is 1. The van der Waals surface area contributed by atoms with Gasteiger partial charge in [0.1, 0.15) is 11.2 Å². The molecule has 1 unspecified atom stereocenters. The highest BCUT2D eigenvalue weighted by Gasteiger charge is 2.98.